The molecule has 0 radical (unpaired) electrons. The number of allylic oxidation sites excluding steroid dienone is 4. The Morgan fingerprint density at radius 2 is 1.57 bits per heavy atom. The Morgan fingerprint density at radius 3 is 2.03 bits per heavy atom. The predicted octanol–water partition coefficient (Wildman–Crippen LogP) is 4.11. The van der Waals surface area contributed by atoms with Gasteiger partial charge in [0, 0.05) is 38.2 Å². The van der Waals surface area contributed by atoms with Gasteiger partial charge in [0.25, 0.3) is 5.54 Å². The Balaban J connectivity index is 2.10. The zero-order chi connectivity index (χ0) is 22.8. The van der Waals surface area contributed by atoms with Crippen LogP contribution in [0, 0.1) is 22.5 Å². The second kappa shape index (κ2) is 6.56. The Labute approximate surface area is 177 Å². The average Bonchev–Trinajstić information content (AvgIpc) is 2.74. The number of carbonyl (C=O) groups is 2. The SMILES string of the molecule is Cc1cc(C2=CC(=O)C(=O)C(C(C)(C)C)=C2)ccc1C1=[N+]([O-])C(C)(C)C(C)(C)[N+]1=O. The van der Waals surface area contributed by atoms with Gasteiger partial charge >= 0.3 is 5.84 Å². The summed E-state index contributed by atoms with van der Waals surface area (Å²) in [6.07, 6.45) is 3.10. The minimum absolute atomic E-state index is 0.0869. The van der Waals surface area contributed by atoms with E-state index in [1.807, 2.05) is 33.8 Å². The third-order valence-electron chi connectivity index (χ3n) is 6.56. The van der Waals surface area contributed by atoms with E-state index < -0.39 is 28.1 Å². The molecule has 6 nitrogen and oxygen atoms in total. The number of benzene rings is 1. The first-order chi connectivity index (χ1) is 13.6. The largest absolute Gasteiger partial charge is 0.618 e. The van der Waals surface area contributed by atoms with Crippen LogP contribution in [0.2, 0.25) is 0 Å². The molecule has 1 aromatic rings. The first-order valence-corrected chi connectivity index (χ1v) is 10.1. The summed E-state index contributed by atoms with van der Waals surface area (Å²) in [6.45, 7) is 14.6. The highest BCUT2D eigenvalue weighted by Crippen LogP contribution is 2.37. The quantitative estimate of drug-likeness (QED) is 0.319. The van der Waals surface area contributed by atoms with Gasteiger partial charge in [0.05, 0.1) is 0 Å². The molecule has 1 aliphatic carbocycles. The lowest BCUT2D eigenvalue weighted by molar-refractivity contribution is -0.555. The molecule has 0 saturated carbocycles. The number of hydroxylamine groups is 1. The molecule has 3 rings (SSSR count). The molecule has 1 aliphatic heterocycles. The van der Waals surface area contributed by atoms with Gasteiger partial charge in [0.15, 0.2) is 0 Å². The van der Waals surface area contributed by atoms with Crippen molar-refractivity contribution in [3.05, 3.63) is 62.7 Å². The van der Waals surface area contributed by atoms with E-state index in [2.05, 4.69) is 0 Å². The highest BCUT2D eigenvalue weighted by atomic mass is 16.5. The van der Waals surface area contributed by atoms with Crippen LogP contribution in [-0.2, 0) is 9.59 Å². The Hall–Kier alpha value is -2.89. The van der Waals surface area contributed by atoms with Gasteiger partial charge in [-0.2, -0.15) is 0 Å². The van der Waals surface area contributed by atoms with Crippen molar-refractivity contribution in [2.24, 2.45) is 5.41 Å². The Kier molecular flexibility index (Phi) is 4.77. The fraction of sp³-hybridized carbons (Fsp3) is 0.458. The molecular formula is C24H29N2O4+. The monoisotopic (exact) mass is 409 g/mol. The number of ketones is 2. The summed E-state index contributed by atoms with van der Waals surface area (Å²) in [5, 5.41) is 13.0. The fourth-order valence-electron chi connectivity index (χ4n) is 3.75. The number of rotatable bonds is 2. The summed E-state index contributed by atoms with van der Waals surface area (Å²) in [4.78, 5) is 37.5. The minimum Gasteiger partial charge on any atom is -0.618 e. The van der Waals surface area contributed by atoms with E-state index in [1.165, 1.54) is 6.08 Å². The molecule has 0 spiro atoms. The molecule has 2 aliphatic rings. The van der Waals surface area contributed by atoms with Crippen LogP contribution in [0.3, 0.4) is 0 Å². The lowest BCUT2D eigenvalue weighted by atomic mass is 9.78. The molecule has 0 bridgehead atoms. The van der Waals surface area contributed by atoms with Gasteiger partial charge in [0.2, 0.25) is 17.1 Å². The first kappa shape index (κ1) is 21.8. The molecule has 0 unspecified atom stereocenters. The molecule has 1 aromatic carbocycles. The van der Waals surface area contributed by atoms with Crippen LogP contribution < -0.4 is 0 Å². The maximum Gasteiger partial charge on any atom is 0.505 e. The average molecular weight is 410 g/mol. The maximum absolute atomic E-state index is 13.0. The zero-order valence-electron chi connectivity index (χ0n) is 18.9. The summed E-state index contributed by atoms with van der Waals surface area (Å²) >= 11 is 0. The van der Waals surface area contributed by atoms with E-state index in [0.717, 1.165) is 20.6 Å². The number of nitroso groups, excluding NO2 is 1. The van der Waals surface area contributed by atoms with E-state index in [0.29, 0.717) is 16.7 Å². The van der Waals surface area contributed by atoms with Crippen LogP contribution in [0.4, 0.5) is 0 Å². The van der Waals surface area contributed by atoms with E-state index >= 15 is 0 Å². The minimum atomic E-state index is -0.891. The lowest BCUT2D eigenvalue weighted by Crippen LogP contribution is -2.50. The summed E-state index contributed by atoms with van der Waals surface area (Å²) in [5.41, 5.74) is 0.938. The van der Waals surface area contributed by atoms with Gasteiger partial charge in [0.1, 0.15) is 10.3 Å². The normalized spacial score (nSPS) is 21.1. The van der Waals surface area contributed by atoms with Gasteiger partial charge in [-0.05, 0) is 47.3 Å². The highest BCUT2D eigenvalue weighted by Gasteiger charge is 2.68. The van der Waals surface area contributed by atoms with E-state index in [1.54, 1.807) is 45.9 Å². The Bertz CT molecular complexity index is 1090. The van der Waals surface area contributed by atoms with Crippen molar-refractivity contribution in [1.29, 1.82) is 0 Å². The second-order valence-electron chi connectivity index (χ2n) is 10.2. The second-order valence-corrected chi connectivity index (χ2v) is 10.2. The predicted molar refractivity (Wildman–Crippen MR) is 116 cm³/mol. The fourth-order valence-corrected chi connectivity index (χ4v) is 3.75. The molecule has 0 N–H and O–H groups in total. The lowest BCUT2D eigenvalue weighted by Gasteiger charge is -2.24. The number of hydrogen-bond donors (Lipinski definition) is 0. The van der Waals surface area contributed by atoms with Crippen molar-refractivity contribution < 1.29 is 19.1 Å². The van der Waals surface area contributed by atoms with E-state index in [-0.39, 0.29) is 5.84 Å². The summed E-state index contributed by atoms with van der Waals surface area (Å²) in [6, 6.07) is 5.36. The highest BCUT2D eigenvalue weighted by molar-refractivity contribution is 6.50. The van der Waals surface area contributed by atoms with E-state index in [4.69, 9.17) is 0 Å². The van der Waals surface area contributed by atoms with Crippen molar-refractivity contribution in [2.45, 2.75) is 66.5 Å². The maximum atomic E-state index is 13.0. The van der Waals surface area contributed by atoms with Crippen LogP contribution in [0.1, 0.15) is 65.2 Å². The molecule has 158 valence electrons. The number of hydrogen-bond acceptors (Lipinski definition) is 4. The van der Waals surface area contributed by atoms with Crippen LogP contribution in [0.15, 0.2) is 35.9 Å². The van der Waals surface area contributed by atoms with Crippen LogP contribution in [0.25, 0.3) is 5.57 Å². The van der Waals surface area contributed by atoms with Crippen LogP contribution in [-0.4, -0.2) is 38.0 Å². The molecule has 0 atom stereocenters. The van der Waals surface area contributed by atoms with Crippen molar-refractivity contribution in [1.82, 2.24) is 0 Å². The molecular weight excluding hydrogens is 380 g/mol. The van der Waals surface area contributed by atoms with E-state index in [9.17, 15) is 19.7 Å². The van der Waals surface area contributed by atoms with Gasteiger partial charge in [-0.15, -0.1) is 4.74 Å². The van der Waals surface area contributed by atoms with Crippen molar-refractivity contribution >= 4 is 23.0 Å². The van der Waals surface area contributed by atoms with Gasteiger partial charge in [-0.3, -0.25) is 9.59 Å². The van der Waals surface area contributed by atoms with Gasteiger partial charge in [-0.1, -0.05) is 32.9 Å². The number of carbonyl (C=O) groups excluding carboxylic acids is 2. The summed E-state index contributed by atoms with van der Waals surface area (Å²) < 4.78 is 1.59. The number of nitrogens with zero attached hydrogens (tertiary/aromatic N) is 2. The molecule has 0 saturated heterocycles. The summed E-state index contributed by atoms with van der Waals surface area (Å²) in [5.74, 6) is -0.928. The number of amidine groups is 1. The molecule has 0 aromatic heterocycles. The zero-order valence-corrected chi connectivity index (χ0v) is 18.9. The van der Waals surface area contributed by atoms with Gasteiger partial charge in [-0.25, -0.2) is 0 Å². The summed E-state index contributed by atoms with van der Waals surface area (Å²) in [7, 11) is 0. The third-order valence-corrected chi connectivity index (χ3v) is 6.56. The van der Waals surface area contributed by atoms with Crippen molar-refractivity contribution in [3.8, 4) is 0 Å². The number of aryl methyl sites for hydroxylation is 1. The number of Topliss-reactive ketones (excluding diaryl/α,β-unsaturated/α-hetero) is 1. The molecule has 0 amide bonds. The smallest absolute Gasteiger partial charge is 0.505 e. The topological polar surface area (TPSA) is 80.3 Å². The third kappa shape index (κ3) is 3.06. The molecule has 6 heteroatoms. The Morgan fingerprint density at radius 1 is 0.967 bits per heavy atom. The molecule has 0 fully saturated rings. The molecule has 30 heavy (non-hydrogen) atoms. The standard InChI is InChI=1S/C24H29N2O4/c1-14-11-15(16-12-18(22(2,3)4)20(28)19(27)13-16)9-10-17(14)21-25(29)23(5,6)24(7,8)26(21)30/h9-13H,1-8H3/q+1. The first-order valence-electron chi connectivity index (χ1n) is 10.1. The van der Waals surface area contributed by atoms with Crippen molar-refractivity contribution in [2.75, 3.05) is 0 Å². The van der Waals surface area contributed by atoms with Gasteiger partial charge < -0.3 is 5.21 Å². The van der Waals surface area contributed by atoms with Crippen LogP contribution >= 0.6 is 0 Å². The van der Waals surface area contributed by atoms with Crippen LogP contribution in [0.5, 0.6) is 0 Å². The van der Waals surface area contributed by atoms with Crippen molar-refractivity contribution in [3.63, 3.8) is 0 Å². The molecule has 1 heterocycles.